The lowest BCUT2D eigenvalue weighted by Crippen LogP contribution is -2.06. The molecule has 0 spiro atoms. The number of ketones is 1. The van der Waals surface area contributed by atoms with Gasteiger partial charge in [0.15, 0.2) is 0 Å². The average Bonchev–Trinajstić information content (AvgIpc) is 2.30. The summed E-state index contributed by atoms with van der Waals surface area (Å²) in [4.78, 5) is 11.3. The Kier molecular flexibility index (Phi) is 5.34. The number of Topliss-reactive ketones (excluding diaryl/α,β-unsaturated/α-hetero) is 1. The van der Waals surface area contributed by atoms with E-state index in [4.69, 9.17) is 4.74 Å². The lowest BCUT2D eigenvalue weighted by Gasteiger charge is -2.10. The highest BCUT2D eigenvalue weighted by Gasteiger charge is 2.11. The van der Waals surface area contributed by atoms with Crippen LogP contribution in [-0.4, -0.2) is 24.8 Å². The highest BCUT2D eigenvalue weighted by Crippen LogP contribution is 2.26. The molecular formula is C11H11BrF2O3. The fourth-order valence-corrected chi connectivity index (χ4v) is 1.51. The molecule has 94 valence electrons. The van der Waals surface area contributed by atoms with Gasteiger partial charge in [-0.1, -0.05) is 22.0 Å². The van der Waals surface area contributed by atoms with Crippen LogP contribution >= 0.6 is 15.9 Å². The number of ether oxygens (including phenoxy) is 2. The van der Waals surface area contributed by atoms with Gasteiger partial charge in [0.25, 0.3) is 0 Å². The molecule has 0 heterocycles. The van der Waals surface area contributed by atoms with E-state index in [1.54, 1.807) is 0 Å². The van der Waals surface area contributed by atoms with E-state index in [-0.39, 0.29) is 23.3 Å². The van der Waals surface area contributed by atoms with Gasteiger partial charge in [0.2, 0.25) is 0 Å². The molecule has 0 N–H and O–H groups in total. The molecule has 0 amide bonds. The van der Waals surface area contributed by atoms with E-state index in [1.165, 1.54) is 25.3 Å². The van der Waals surface area contributed by atoms with E-state index < -0.39 is 6.61 Å². The van der Waals surface area contributed by atoms with Crippen molar-refractivity contribution in [3.05, 3.63) is 23.8 Å². The van der Waals surface area contributed by atoms with Crippen molar-refractivity contribution in [1.29, 1.82) is 0 Å². The van der Waals surface area contributed by atoms with Gasteiger partial charge in [0, 0.05) is 18.1 Å². The number of carbonyl (C=O) groups excluding carboxylic acids is 1. The molecule has 1 rings (SSSR count). The number of hydrogen-bond donors (Lipinski definition) is 0. The van der Waals surface area contributed by atoms with Crippen molar-refractivity contribution < 1.29 is 23.0 Å². The topological polar surface area (TPSA) is 35.5 Å². The van der Waals surface area contributed by atoms with Crippen LogP contribution in [0.1, 0.15) is 5.56 Å². The SMILES string of the molecule is COc1cc(OC(F)F)ccc1CC(=O)CBr. The maximum absolute atomic E-state index is 12.0. The van der Waals surface area contributed by atoms with Crippen molar-refractivity contribution in [3.8, 4) is 11.5 Å². The van der Waals surface area contributed by atoms with Crippen LogP contribution in [0, 0.1) is 0 Å². The number of halogens is 3. The normalized spacial score (nSPS) is 10.4. The van der Waals surface area contributed by atoms with Gasteiger partial charge in [-0.3, -0.25) is 4.79 Å². The molecule has 0 aliphatic carbocycles. The van der Waals surface area contributed by atoms with Crippen LogP contribution in [0.5, 0.6) is 11.5 Å². The van der Waals surface area contributed by atoms with Crippen LogP contribution in [0.15, 0.2) is 18.2 Å². The molecule has 0 saturated heterocycles. The molecule has 17 heavy (non-hydrogen) atoms. The number of alkyl halides is 3. The minimum absolute atomic E-state index is 0.00638. The molecule has 0 saturated carbocycles. The third-order valence-electron chi connectivity index (χ3n) is 2.02. The third kappa shape index (κ3) is 4.30. The largest absolute Gasteiger partial charge is 0.496 e. The quantitative estimate of drug-likeness (QED) is 0.758. The second-order valence-corrected chi connectivity index (χ2v) is 3.76. The fourth-order valence-electron chi connectivity index (χ4n) is 1.31. The maximum atomic E-state index is 12.0. The van der Waals surface area contributed by atoms with E-state index >= 15 is 0 Å². The Labute approximate surface area is 106 Å². The van der Waals surface area contributed by atoms with E-state index in [0.29, 0.717) is 11.3 Å². The minimum atomic E-state index is -2.88. The van der Waals surface area contributed by atoms with E-state index in [0.717, 1.165) is 0 Å². The van der Waals surface area contributed by atoms with Gasteiger partial charge in [0.05, 0.1) is 12.4 Å². The Morgan fingerprint density at radius 3 is 2.71 bits per heavy atom. The van der Waals surface area contributed by atoms with Gasteiger partial charge in [0.1, 0.15) is 17.3 Å². The summed E-state index contributed by atoms with van der Waals surface area (Å²) in [5.74, 6) is 0.343. The van der Waals surface area contributed by atoms with Crippen molar-refractivity contribution in [2.45, 2.75) is 13.0 Å². The third-order valence-corrected chi connectivity index (χ3v) is 2.65. The minimum Gasteiger partial charge on any atom is -0.496 e. The maximum Gasteiger partial charge on any atom is 0.387 e. The highest BCUT2D eigenvalue weighted by molar-refractivity contribution is 9.09. The van der Waals surface area contributed by atoms with Crippen molar-refractivity contribution in [2.75, 3.05) is 12.4 Å². The summed E-state index contributed by atoms with van der Waals surface area (Å²) in [5, 5.41) is 0.242. The predicted octanol–water partition coefficient (Wildman–Crippen LogP) is 2.80. The van der Waals surface area contributed by atoms with Gasteiger partial charge in [-0.05, 0) is 6.07 Å². The molecule has 0 atom stereocenters. The van der Waals surface area contributed by atoms with Gasteiger partial charge in [-0.25, -0.2) is 0 Å². The van der Waals surface area contributed by atoms with Crippen molar-refractivity contribution in [3.63, 3.8) is 0 Å². The molecule has 0 fully saturated rings. The zero-order valence-corrected chi connectivity index (χ0v) is 10.7. The summed E-state index contributed by atoms with van der Waals surface area (Å²) in [5.41, 5.74) is 0.638. The Bertz CT molecular complexity index is 396. The highest BCUT2D eigenvalue weighted by atomic mass is 79.9. The van der Waals surface area contributed by atoms with Crippen LogP contribution in [0.25, 0.3) is 0 Å². The number of benzene rings is 1. The van der Waals surface area contributed by atoms with E-state index in [1.807, 2.05) is 0 Å². The van der Waals surface area contributed by atoms with E-state index in [2.05, 4.69) is 20.7 Å². The predicted molar refractivity (Wildman–Crippen MR) is 62.1 cm³/mol. The first-order chi connectivity index (χ1) is 8.06. The summed E-state index contributed by atoms with van der Waals surface area (Å²) in [7, 11) is 1.41. The first-order valence-electron chi connectivity index (χ1n) is 4.76. The Hall–Kier alpha value is -1.17. The van der Waals surface area contributed by atoms with Crippen molar-refractivity contribution in [2.24, 2.45) is 0 Å². The Morgan fingerprint density at radius 2 is 2.18 bits per heavy atom. The van der Waals surface area contributed by atoms with Crippen LogP contribution < -0.4 is 9.47 Å². The zero-order chi connectivity index (χ0) is 12.8. The Morgan fingerprint density at radius 1 is 1.47 bits per heavy atom. The number of carbonyl (C=O) groups is 1. The van der Waals surface area contributed by atoms with Crippen molar-refractivity contribution in [1.82, 2.24) is 0 Å². The molecule has 3 nitrogen and oxygen atoms in total. The molecule has 1 aromatic carbocycles. The standard InChI is InChI=1S/C11H11BrF2O3/c1-16-10-5-9(17-11(13)14)3-2-7(10)4-8(15)6-12/h2-3,5,11H,4,6H2,1H3. The van der Waals surface area contributed by atoms with Crippen LogP contribution in [0.4, 0.5) is 8.78 Å². The summed E-state index contributed by atoms with van der Waals surface area (Å²) in [6.45, 7) is -2.88. The molecule has 0 radical (unpaired) electrons. The number of hydrogen-bond acceptors (Lipinski definition) is 3. The number of methoxy groups -OCH3 is 1. The fraction of sp³-hybridized carbons (Fsp3) is 0.364. The average molecular weight is 309 g/mol. The van der Waals surface area contributed by atoms with Crippen LogP contribution in [0.2, 0.25) is 0 Å². The Balaban J connectivity index is 2.89. The zero-order valence-electron chi connectivity index (χ0n) is 9.08. The second-order valence-electron chi connectivity index (χ2n) is 3.20. The summed E-state index contributed by atoms with van der Waals surface area (Å²) >= 11 is 3.05. The molecule has 0 aliphatic heterocycles. The monoisotopic (exact) mass is 308 g/mol. The smallest absolute Gasteiger partial charge is 0.387 e. The number of rotatable bonds is 6. The van der Waals surface area contributed by atoms with Gasteiger partial charge in [-0.2, -0.15) is 8.78 Å². The lowest BCUT2D eigenvalue weighted by molar-refractivity contribution is -0.115. The first kappa shape index (κ1) is 13.9. The van der Waals surface area contributed by atoms with Gasteiger partial charge >= 0.3 is 6.61 Å². The molecule has 0 aliphatic rings. The molecule has 0 unspecified atom stereocenters. The molecular weight excluding hydrogens is 298 g/mol. The van der Waals surface area contributed by atoms with Crippen LogP contribution in [-0.2, 0) is 11.2 Å². The van der Waals surface area contributed by atoms with E-state index in [9.17, 15) is 13.6 Å². The first-order valence-corrected chi connectivity index (χ1v) is 5.88. The second kappa shape index (κ2) is 6.54. The molecule has 0 aromatic heterocycles. The molecule has 0 bridgehead atoms. The molecule has 6 heteroatoms. The van der Waals surface area contributed by atoms with Crippen LogP contribution in [0.3, 0.4) is 0 Å². The van der Waals surface area contributed by atoms with Gasteiger partial charge in [-0.15, -0.1) is 0 Å². The summed E-state index contributed by atoms with van der Waals surface area (Å²) in [6.07, 6.45) is 0.184. The summed E-state index contributed by atoms with van der Waals surface area (Å²) in [6, 6.07) is 4.26. The lowest BCUT2D eigenvalue weighted by atomic mass is 10.1. The van der Waals surface area contributed by atoms with Gasteiger partial charge < -0.3 is 9.47 Å². The molecule has 1 aromatic rings. The summed E-state index contributed by atoms with van der Waals surface area (Å²) < 4.78 is 33.3. The van der Waals surface area contributed by atoms with Crippen molar-refractivity contribution >= 4 is 21.7 Å².